The largest absolute Gasteiger partial charge is 0.385 e. The first-order chi connectivity index (χ1) is 11.1. The van der Waals surface area contributed by atoms with Crippen LogP contribution in [-0.4, -0.2) is 59.3 Å². The maximum Gasteiger partial charge on any atom is 0.240 e. The van der Waals surface area contributed by atoms with Crippen LogP contribution in [-0.2, 0) is 14.8 Å². The summed E-state index contributed by atoms with van der Waals surface area (Å²) in [5, 5.41) is 3.21. The molecule has 7 heteroatoms. The highest BCUT2D eigenvalue weighted by Crippen LogP contribution is 2.15. The van der Waals surface area contributed by atoms with Crippen molar-refractivity contribution in [1.29, 1.82) is 0 Å². The van der Waals surface area contributed by atoms with Crippen molar-refractivity contribution in [3.05, 3.63) is 24.3 Å². The van der Waals surface area contributed by atoms with Gasteiger partial charge < -0.3 is 10.1 Å². The molecule has 1 fully saturated rings. The number of benzene rings is 1. The van der Waals surface area contributed by atoms with Gasteiger partial charge in [0.2, 0.25) is 10.0 Å². The number of rotatable bonds is 9. The molecule has 1 saturated heterocycles. The Labute approximate surface area is 139 Å². The predicted octanol–water partition coefficient (Wildman–Crippen LogP) is 1.51. The minimum atomic E-state index is -3.44. The number of sulfonamides is 1. The molecule has 1 aliphatic heterocycles. The first-order valence-corrected chi connectivity index (χ1v) is 9.74. The number of hydrogen-bond donors (Lipinski definition) is 2. The third kappa shape index (κ3) is 6.10. The fourth-order valence-corrected chi connectivity index (χ4v) is 3.58. The zero-order valence-corrected chi connectivity index (χ0v) is 14.6. The smallest absolute Gasteiger partial charge is 0.240 e. The highest BCUT2D eigenvalue weighted by Gasteiger charge is 2.14. The van der Waals surface area contributed by atoms with E-state index in [9.17, 15) is 8.42 Å². The quantitative estimate of drug-likeness (QED) is 0.666. The third-order valence-electron chi connectivity index (χ3n) is 3.77. The second-order valence-electron chi connectivity index (χ2n) is 5.66. The third-order valence-corrected chi connectivity index (χ3v) is 5.23. The molecule has 0 aromatic heterocycles. The lowest BCUT2D eigenvalue weighted by molar-refractivity contribution is 0.0376. The van der Waals surface area contributed by atoms with Crippen molar-refractivity contribution in [3.8, 4) is 0 Å². The van der Waals surface area contributed by atoms with Crippen molar-refractivity contribution in [2.75, 3.05) is 51.3 Å². The van der Waals surface area contributed by atoms with Crippen molar-refractivity contribution in [2.24, 2.45) is 0 Å². The Morgan fingerprint density at radius 1 is 1.22 bits per heavy atom. The molecule has 0 saturated carbocycles. The summed E-state index contributed by atoms with van der Waals surface area (Å²) in [5.74, 6) is 0. The lowest BCUT2D eigenvalue weighted by atomic mass is 10.3. The van der Waals surface area contributed by atoms with Crippen LogP contribution in [0.2, 0.25) is 0 Å². The van der Waals surface area contributed by atoms with E-state index in [1.165, 1.54) is 0 Å². The molecule has 130 valence electrons. The lowest BCUT2D eigenvalue weighted by Crippen LogP contribution is -2.38. The maximum absolute atomic E-state index is 12.3. The summed E-state index contributed by atoms with van der Waals surface area (Å²) in [7, 11) is -3.44. The maximum atomic E-state index is 12.3. The Bertz CT molecular complexity index is 572. The minimum absolute atomic E-state index is 0.310. The van der Waals surface area contributed by atoms with E-state index in [4.69, 9.17) is 4.74 Å². The fraction of sp³-hybridized carbons (Fsp3) is 0.625. The van der Waals surface area contributed by atoms with Crippen molar-refractivity contribution >= 4 is 15.7 Å². The van der Waals surface area contributed by atoms with Gasteiger partial charge in [0.25, 0.3) is 0 Å². The topological polar surface area (TPSA) is 70.7 Å². The van der Waals surface area contributed by atoms with Gasteiger partial charge in [0.15, 0.2) is 0 Å². The van der Waals surface area contributed by atoms with Gasteiger partial charge in [0, 0.05) is 31.9 Å². The summed E-state index contributed by atoms with van der Waals surface area (Å²) < 4.78 is 32.7. The Hall–Kier alpha value is -1.15. The average Bonchev–Trinajstić information content (AvgIpc) is 2.58. The van der Waals surface area contributed by atoms with Crippen LogP contribution in [0.4, 0.5) is 5.69 Å². The van der Waals surface area contributed by atoms with E-state index >= 15 is 0 Å². The van der Waals surface area contributed by atoms with Crippen LogP contribution in [0, 0.1) is 0 Å². The molecular weight excluding hydrogens is 314 g/mol. The highest BCUT2D eigenvalue weighted by atomic mass is 32.2. The summed E-state index contributed by atoms with van der Waals surface area (Å²) in [6, 6.07) is 6.95. The van der Waals surface area contributed by atoms with Crippen molar-refractivity contribution < 1.29 is 13.2 Å². The molecule has 2 N–H and O–H groups in total. The van der Waals surface area contributed by atoms with E-state index in [0.29, 0.717) is 11.4 Å². The van der Waals surface area contributed by atoms with E-state index in [1.54, 1.807) is 18.2 Å². The summed E-state index contributed by atoms with van der Waals surface area (Å²) in [6.45, 7) is 7.64. The first kappa shape index (κ1) is 18.2. The summed E-state index contributed by atoms with van der Waals surface area (Å²) in [6.07, 6.45) is 1.80. The van der Waals surface area contributed by atoms with E-state index in [-0.39, 0.29) is 0 Å². The molecule has 0 atom stereocenters. The number of nitrogens with zero attached hydrogens (tertiary/aromatic N) is 1. The van der Waals surface area contributed by atoms with E-state index in [2.05, 4.69) is 21.9 Å². The van der Waals surface area contributed by atoms with Crippen LogP contribution in [0.1, 0.15) is 19.8 Å². The molecule has 23 heavy (non-hydrogen) atoms. The molecule has 0 radical (unpaired) electrons. The van der Waals surface area contributed by atoms with Crippen LogP contribution in [0.15, 0.2) is 29.2 Å². The Kier molecular flexibility index (Phi) is 7.29. The second-order valence-corrected chi connectivity index (χ2v) is 7.43. The van der Waals surface area contributed by atoms with E-state index in [1.807, 2.05) is 6.07 Å². The average molecular weight is 341 g/mol. The van der Waals surface area contributed by atoms with Crippen LogP contribution in [0.3, 0.4) is 0 Å². The van der Waals surface area contributed by atoms with Crippen molar-refractivity contribution in [1.82, 2.24) is 9.62 Å². The monoisotopic (exact) mass is 341 g/mol. The van der Waals surface area contributed by atoms with Crippen LogP contribution in [0.25, 0.3) is 0 Å². The van der Waals surface area contributed by atoms with Gasteiger partial charge in [-0.05, 0) is 37.6 Å². The number of nitrogens with one attached hydrogen (secondary N) is 2. The molecule has 1 aromatic carbocycles. The molecule has 1 heterocycles. The summed E-state index contributed by atoms with van der Waals surface area (Å²) in [5.41, 5.74) is 0.836. The van der Waals surface area contributed by atoms with Crippen LogP contribution < -0.4 is 10.0 Å². The number of ether oxygens (including phenoxy) is 1. The van der Waals surface area contributed by atoms with Gasteiger partial charge in [-0.2, -0.15) is 0 Å². The van der Waals surface area contributed by atoms with E-state index < -0.39 is 10.0 Å². The van der Waals surface area contributed by atoms with Crippen molar-refractivity contribution in [2.45, 2.75) is 24.7 Å². The number of anilines is 1. The Balaban J connectivity index is 1.81. The molecule has 0 amide bonds. The van der Waals surface area contributed by atoms with Crippen molar-refractivity contribution in [3.63, 3.8) is 0 Å². The number of hydrogen-bond acceptors (Lipinski definition) is 5. The zero-order valence-electron chi connectivity index (χ0n) is 13.8. The normalized spacial score (nSPS) is 16.4. The molecule has 1 aromatic rings. The van der Waals surface area contributed by atoms with Gasteiger partial charge in [-0.3, -0.25) is 4.90 Å². The van der Waals surface area contributed by atoms with Crippen LogP contribution >= 0.6 is 0 Å². The Morgan fingerprint density at radius 2 is 2.00 bits per heavy atom. The standard InChI is InChI=1S/C16H27N3O3S/c1-2-7-17-15-5-3-6-16(14-15)23(20,21)18-8-4-9-19-10-12-22-13-11-19/h3,5-6,14,17-18H,2,4,7-13H2,1H3. The highest BCUT2D eigenvalue weighted by molar-refractivity contribution is 7.89. The predicted molar refractivity (Wildman–Crippen MR) is 92.3 cm³/mol. The summed E-state index contributed by atoms with van der Waals surface area (Å²) >= 11 is 0. The molecule has 6 nitrogen and oxygen atoms in total. The minimum Gasteiger partial charge on any atom is -0.385 e. The fourth-order valence-electron chi connectivity index (χ4n) is 2.46. The molecule has 0 bridgehead atoms. The SMILES string of the molecule is CCCNc1cccc(S(=O)(=O)NCCCN2CCOCC2)c1. The van der Waals surface area contributed by atoms with E-state index in [0.717, 1.165) is 57.9 Å². The Morgan fingerprint density at radius 3 is 2.74 bits per heavy atom. The molecule has 0 spiro atoms. The molecule has 1 aliphatic rings. The molecular formula is C16H27N3O3S. The van der Waals surface area contributed by atoms with Crippen LogP contribution in [0.5, 0.6) is 0 Å². The van der Waals surface area contributed by atoms with Gasteiger partial charge in [-0.1, -0.05) is 13.0 Å². The van der Waals surface area contributed by atoms with Gasteiger partial charge in [0.1, 0.15) is 0 Å². The molecule has 0 unspecified atom stereocenters. The van der Waals surface area contributed by atoms with Gasteiger partial charge in [0.05, 0.1) is 18.1 Å². The summed E-state index contributed by atoms with van der Waals surface area (Å²) in [4.78, 5) is 2.61. The van der Waals surface area contributed by atoms with Gasteiger partial charge in [-0.15, -0.1) is 0 Å². The molecule has 0 aliphatic carbocycles. The number of morpholine rings is 1. The van der Waals surface area contributed by atoms with Gasteiger partial charge >= 0.3 is 0 Å². The van der Waals surface area contributed by atoms with Gasteiger partial charge in [-0.25, -0.2) is 13.1 Å². The molecule has 2 rings (SSSR count). The second kappa shape index (κ2) is 9.22. The first-order valence-electron chi connectivity index (χ1n) is 8.25. The zero-order chi connectivity index (χ0) is 16.5. The lowest BCUT2D eigenvalue weighted by Gasteiger charge is -2.26.